The summed E-state index contributed by atoms with van der Waals surface area (Å²) in [7, 11) is 2.68. The fourth-order valence-electron chi connectivity index (χ4n) is 3.19. The maximum absolute atomic E-state index is 12.5. The third-order valence-electron chi connectivity index (χ3n) is 4.77. The number of para-hydroxylation sites is 1. The lowest BCUT2D eigenvalue weighted by Gasteiger charge is -2.36. The molecule has 29 heavy (non-hydrogen) atoms. The molecule has 152 valence electrons. The van der Waals surface area contributed by atoms with Crippen LogP contribution in [0.3, 0.4) is 0 Å². The van der Waals surface area contributed by atoms with Gasteiger partial charge in [-0.05, 0) is 36.4 Å². The van der Waals surface area contributed by atoms with E-state index in [-0.39, 0.29) is 12.0 Å². The number of benzene rings is 2. The van der Waals surface area contributed by atoms with Gasteiger partial charge in [-0.2, -0.15) is 0 Å². The molecule has 0 aliphatic carbocycles. The standard InChI is InChI=1S/C21H23N3O5/c1-28-19(25)15-7-9-16(10-8-15)22-21(27)24-13-11-23(12-14-24)18-6-4-3-5-17(18)20(26)29-2/h3-10H,11-14H2,1-2H3,(H,22,27). The van der Waals surface area contributed by atoms with Gasteiger partial charge in [0.05, 0.1) is 31.0 Å². The number of esters is 2. The second-order valence-electron chi connectivity index (χ2n) is 6.48. The molecule has 2 amide bonds. The molecule has 0 aromatic heterocycles. The molecule has 1 saturated heterocycles. The SMILES string of the molecule is COC(=O)c1ccc(NC(=O)N2CCN(c3ccccc3C(=O)OC)CC2)cc1. The first-order valence-electron chi connectivity index (χ1n) is 9.20. The number of piperazine rings is 1. The first-order chi connectivity index (χ1) is 14.0. The number of rotatable bonds is 4. The Labute approximate surface area is 169 Å². The number of nitrogens with one attached hydrogen (secondary N) is 1. The number of hydrogen-bond donors (Lipinski definition) is 1. The Hall–Kier alpha value is -3.55. The Kier molecular flexibility index (Phi) is 6.33. The molecule has 0 saturated carbocycles. The average Bonchev–Trinajstić information content (AvgIpc) is 2.78. The highest BCUT2D eigenvalue weighted by Gasteiger charge is 2.24. The minimum Gasteiger partial charge on any atom is -0.465 e. The lowest BCUT2D eigenvalue weighted by Crippen LogP contribution is -2.50. The van der Waals surface area contributed by atoms with Crippen molar-refractivity contribution in [3.05, 3.63) is 59.7 Å². The van der Waals surface area contributed by atoms with Crippen molar-refractivity contribution in [1.29, 1.82) is 0 Å². The molecule has 2 aromatic rings. The monoisotopic (exact) mass is 397 g/mol. The summed E-state index contributed by atoms with van der Waals surface area (Å²) in [6.45, 7) is 2.23. The van der Waals surface area contributed by atoms with Crippen LogP contribution < -0.4 is 10.2 Å². The molecular weight excluding hydrogens is 374 g/mol. The van der Waals surface area contributed by atoms with E-state index in [1.807, 2.05) is 12.1 Å². The highest BCUT2D eigenvalue weighted by molar-refractivity contribution is 5.96. The summed E-state index contributed by atoms with van der Waals surface area (Å²) in [4.78, 5) is 39.8. The molecule has 1 heterocycles. The number of nitrogens with zero attached hydrogens (tertiary/aromatic N) is 2. The lowest BCUT2D eigenvalue weighted by molar-refractivity contribution is 0.0592. The number of carbonyl (C=O) groups excluding carboxylic acids is 3. The van der Waals surface area contributed by atoms with Crippen molar-refractivity contribution in [2.75, 3.05) is 50.6 Å². The zero-order valence-electron chi connectivity index (χ0n) is 16.4. The normalized spacial score (nSPS) is 13.6. The van der Waals surface area contributed by atoms with Crippen molar-refractivity contribution in [1.82, 2.24) is 4.90 Å². The van der Waals surface area contributed by atoms with Gasteiger partial charge in [0.25, 0.3) is 0 Å². The average molecular weight is 397 g/mol. The zero-order valence-corrected chi connectivity index (χ0v) is 16.4. The molecular formula is C21H23N3O5. The quantitative estimate of drug-likeness (QED) is 0.798. The van der Waals surface area contributed by atoms with E-state index in [1.54, 1.807) is 41.3 Å². The first kappa shape index (κ1) is 20.2. The van der Waals surface area contributed by atoms with E-state index in [0.717, 1.165) is 5.69 Å². The third-order valence-corrected chi connectivity index (χ3v) is 4.77. The molecule has 8 heteroatoms. The summed E-state index contributed by atoms with van der Waals surface area (Å²) in [5.74, 6) is -0.803. The van der Waals surface area contributed by atoms with E-state index in [9.17, 15) is 14.4 Å². The van der Waals surface area contributed by atoms with Gasteiger partial charge in [-0.1, -0.05) is 12.1 Å². The molecule has 1 fully saturated rings. The van der Waals surface area contributed by atoms with Gasteiger partial charge in [0.15, 0.2) is 0 Å². The molecule has 0 bridgehead atoms. The molecule has 1 N–H and O–H groups in total. The van der Waals surface area contributed by atoms with Gasteiger partial charge < -0.3 is 24.6 Å². The van der Waals surface area contributed by atoms with Crippen molar-refractivity contribution in [2.24, 2.45) is 0 Å². The van der Waals surface area contributed by atoms with Crippen LogP contribution in [-0.2, 0) is 9.47 Å². The fraction of sp³-hybridized carbons (Fsp3) is 0.286. The van der Waals surface area contributed by atoms with E-state index >= 15 is 0 Å². The summed E-state index contributed by atoms with van der Waals surface area (Å²) in [5, 5.41) is 2.83. The van der Waals surface area contributed by atoms with E-state index in [2.05, 4.69) is 15.0 Å². The summed E-state index contributed by atoms with van der Waals surface area (Å²) in [6, 6.07) is 13.6. The van der Waals surface area contributed by atoms with Crippen LogP contribution in [0.25, 0.3) is 0 Å². The van der Waals surface area contributed by atoms with Crippen LogP contribution >= 0.6 is 0 Å². The second kappa shape index (κ2) is 9.09. The van der Waals surface area contributed by atoms with Crippen molar-refractivity contribution in [3.63, 3.8) is 0 Å². The summed E-state index contributed by atoms with van der Waals surface area (Å²) < 4.78 is 9.52. The van der Waals surface area contributed by atoms with Crippen LogP contribution in [0.5, 0.6) is 0 Å². The van der Waals surface area contributed by atoms with Crippen LogP contribution in [0.1, 0.15) is 20.7 Å². The predicted octanol–water partition coefficient (Wildman–Crippen LogP) is 2.61. The Balaban J connectivity index is 1.59. The predicted molar refractivity (Wildman–Crippen MR) is 108 cm³/mol. The number of ether oxygens (including phenoxy) is 2. The van der Waals surface area contributed by atoms with Crippen molar-refractivity contribution < 1.29 is 23.9 Å². The van der Waals surface area contributed by atoms with Gasteiger partial charge in [-0.25, -0.2) is 14.4 Å². The second-order valence-corrected chi connectivity index (χ2v) is 6.48. The van der Waals surface area contributed by atoms with Gasteiger partial charge in [0.1, 0.15) is 0 Å². The number of amides is 2. The minimum absolute atomic E-state index is 0.211. The van der Waals surface area contributed by atoms with E-state index in [0.29, 0.717) is 43.0 Å². The number of hydrogen-bond acceptors (Lipinski definition) is 6. The molecule has 0 atom stereocenters. The van der Waals surface area contributed by atoms with Gasteiger partial charge in [-0.3, -0.25) is 0 Å². The molecule has 8 nitrogen and oxygen atoms in total. The highest BCUT2D eigenvalue weighted by Crippen LogP contribution is 2.23. The Morgan fingerprint density at radius 3 is 2.07 bits per heavy atom. The Morgan fingerprint density at radius 1 is 0.828 bits per heavy atom. The molecule has 2 aromatic carbocycles. The van der Waals surface area contributed by atoms with Crippen LogP contribution in [0, 0.1) is 0 Å². The lowest BCUT2D eigenvalue weighted by atomic mass is 10.1. The number of carbonyl (C=O) groups is 3. The molecule has 0 spiro atoms. The van der Waals surface area contributed by atoms with E-state index in [1.165, 1.54) is 14.2 Å². The summed E-state index contributed by atoms with van der Waals surface area (Å²) in [6.07, 6.45) is 0. The Bertz CT molecular complexity index is 889. The van der Waals surface area contributed by atoms with Gasteiger partial charge in [0, 0.05) is 31.9 Å². The van der Waals surface area contributed by atoms with Crippen LogP contribution in [0.15, 0.2) is 48.5 Å². The molecule has 0 unspecified atom stereocenters. The highest BCUT2D eigenvalue weighted by atomic mass is 16.5. The van der Waals surface area contributed by atoms with E-state index in [4.69, 9.17) is 4.74 Å². The van der Waals surface area contributed by atoms with Crippen molar-refractivity contribution in [3.8, 4) is 0 Å². The van der Waals surface area contributed by atoms with Crippen molar-refractivity contribution in [2.45, 2.75) is 0 Å². The minimum atomic E-state index is -0.425. The van der Waals surface area contributed by atoms with Crippen LogP contribution in [0.2, 0.25) is 0 Å². The summed E-state index contributed by atoms with van der Waals surface area (Å²) >= 11 is 0. The largest absolute Gasteiger partial charge is 0.465 e. The number of methoxy groups -OCH3 is 2. The number of urea groups is 1. The zero-order chi connectivity index (χ0) is 20.8. The van der Waals surface area contributed by atoms with Crippen LogP contribution in [-0.4, -0.2) is 63.3 Å². The van der Waals surface area contributed by atoms with Gasteiger partial charge in [0.2, 0.25) is 0 Å². The Morgan fingerprint density at radius 2 is 1.45 bits per heavy atom. The molecule has 1 aliphatic rings. The smallest absolute Gasteiger partial charge is 0.339 e. The van der Waals surface area contributed by atoms with Gasteiger partial charge in [-0.15, -0.1) is 0 Å². The topological polar surface area (TPSA) is 88.2 Å². The summed E-state index contributed by atoms with van der Waals surface area (Å²) in [5.41, 5.74) is 2.33. The van der Waals surface area contributed by atoms with Crippen LogP contribution in [0.4, 0.5) is 16.2 Å². The number of anilines is 2. The molecule has 0 radical (unpaired) electrons. The molecule has 1 aliphatic heterocycles. The fourth-order valence-corrected chi connectivity index (χ4v) is 3.19. The van der Waals surface area contributed by atoms with E-state index < -0.39 is 5.97 Å². The maximum atomic E-state index is 12.5. The third kappa shape index (κ3) is 4.66. The maximum Gasteiger partial charge on any atom is 0.339 e. The van der Waals surface area contributed by atoms with Crippen molar-refractivity contribution >= 4 is 29.3 Å². The first-order valence-corrected chi connectivity index (χ1v) is 9.20. The van der Waals surface area contributed by atoms with Gasteiger partial charge >= 0.3 is 18.0 Å². The molecule has 3 rings (SSSR count).